The first-order valence-corrected chi connectivity index (χ1v) is 8.92. The number of nitrogens with one attached hydrogen (secondary N) is 1. The molecule has 0 fully saturated rings. The number of aromatic nitrogens is 3. The fourth-order valence-corrected chi connectivity index (χ4v) is 1.81. The minimum Gasteiger partial charge on any atom is -0.379 e. The molecule has 0 aliphatic rings. The highest BCUT2D eigenvalue weighted by molar-refractivity contribution is 5.98. The molecule has 0 saturated carbocycles. The molecule has 0 unspecified atom stereocenters. The lowest BCUT2D eigenvalue weighted by atomic mass is 10.1. The Balaban J connectivity index is 2.18. The summed E-state index contributed by atoms with van der Waals surface area (Å²) in [6.07, 6.45) is 4.28. The highest BCUT2D eigenvalue weighted by atomic mass is 16.5. The van der Waals surface area contributed by atoms with Crippen molar-refractivity contribution in [2.45, 2.75) is 40.8 Å². The number of carbonyl (C=O) groups excluding carboxylic acids is 2. The van der Waals surface area contributed by atoms with Crippen molar-refractivity contribution < 1.29 is 19.1 Å². The van der Waals surface area contributed by atoms with Crippen LogP contribution in [0.2, 0.25) is 0 Å². The van der Waals surface area contributed by atoms with E-state index in [2.05, 4.69) is 29.5 Å². The minimum atomic E-state index is -0.335. The van der Waals surface area contributed by atoms with E-state index >= 15 is 0 Å². The van der Waals surface area contributed by atoms with Crippen molar-refractivity contribution in [3.63, 3.8) is 0 Å². The topological polar surface area (TPSA) is 95.3 Å². The van der Waals surface area contributed by atoms with E-state index in [-0.39, 0.29) is 24.2 Å². The molecule has 1 heterocycles. The Hall–Kier alpha value is -2.06. The zero-order valence-electron chi connectivity index (χ0n) is 16.1. The van der Waals surface area contributed by atoms with Gasteiger partial charge < -0.3 is 14.8 Å². The molecule has 1 amide bonds. The van der Waals surface area contributed by atoms with E-state index in [4.69, 9.17) is 9.47 Å². The lowest BCUT2D eigenvalue weighted by molar-refractivity contribution is -0.119. The van der Waals surface area contributed by atoms with Crippen LogP contribution in [0.25, 0.3) is 0 Å². The Morgan fingerprint density at radius 2 is 1.88 bits per heavy atom. The summed E-state index contributed by atoms with van der Waals surface area (Å²) in [5.41, 5.74) is 0.641. The molecule has 0 radical (unpaired) electrons. The molecule has 0 atom stereocenters. The largest absolute Gasteiger partial charge is 0.379 e. The molecule has 0 aromatic carbocycles. The van der Waals surface area contributed by atoms with E-state index in [1.54, 1.807) is 24.7 Å². The second-order valence-corrected chi connectivity index (χ2v) is 6.66. The molecule has 146 valence electrons. The van der Waals surface area contributed by atoms with Crippen LogP contribution in [0.3, 0.4) is 0 Å². The number of ketones is 1. The number of carbonyl (C=O) groups is 2. The minimum absolute atomic E-state index is 0.0827. The highest BCUT2D eigenvalue weighted by Crippen LogP contribution is 1.96. The normalized spacial score (nSPS) is 11.6. The first-order valence-electron chi connectivity index (χ1n) is 8.92. The first kappa shape index (κ1) is 22.0. The Bertz CT molecular complexity index is 582. The zero-order valence-corrected chi connectivity index (χ0v) is 16.1. The molecule has 8 nitrogen and oxygen atoms in total. The number of ether oxygens (including phenoxy) is 2. The van der Waals surface area contributed by atoms with Crippen LogP contribution in [-0.2, 0) is 32.2 Å². The van der Waals surface area contributed by atoms with Crippen LogP contribution in [0.4, 0.5) is 0 Å². The summed E-state index contributed by atoms with van der Waals surface area (Å²) < 4.78 is 12.6. The molecule has 1 aromatic rings. The summed E-state index contributed by atoms with van der Waals surface area (Å²) in [5.74, 6) is -0.0165. The second kappa shape index (κ2) is 12.3. The van der Waals surface area contributed by atoms with Gasteiger partial charge in [0.05, 0.1) is 39.1 Å². The van der Waals surface area contributed by atoms with Gasteiger partial charge in [-0.2, -0.15) is 0 Å². The maximum Gasteiger partial charge on any atom is 0.244 e. The molecule has 1 N–H and O–H groups in total. The second-order valence-electron chi connectivity index (χ2n) is 6.66. The van der Waals surface area contributed by atoms with Crippen LogP contribution < -0.4 is 5.32 Å². The van der Waals surface area contributed by atoms with Gasteiger partial charge in [0.15, 0.2) is 5.78 Å². The van der Waals surface area contributed by atoms with Gasteiger partial charge in [0.25, 0.3) is 0 Å². The van der Waals surface area contributed by atoms with E-state index in [9.17, 15) is 9.59 Å². The molecule has 0 aliphatic carbocycles. The lowest BCUT2D eigenvalue weighted by Gasteiger charge is -2.07. The van der Waals surface area contributed by atoms with Gasteiger partial charge >= 0.3 is 0 Å². The number of nitrogens with zero attached hydrogens (tertiary/aromatic N) is 3. The van der Waals surface area contributed by atoms with Gasteiger partial charge in [-0.3, -0.25) is 9.59 Å². The number of hydrogen-bond donors (Lipinski definition) is 1. The van der Waals surface area contributed by atoms with Gasteiger partial charge in [0.2, 0.25) is 5.91 Å². The molecule has 1 rings (SSSR count). The Morgan fingerprint density at radius 1 is 1.15 bits per heavy atom. The third-order valence-corrected chi connectivity index (χ3v) is 3.29. The van der Waals surface area contributed by atoms with Gasteiger partial charge in [-0.25, -0.2) is 4.68 Å². The van der Waals surface area contributed by atoms with Gasteiger partial charge in [0.1, 0.15) is 5.69 Å². The van der Waals surface area contributed by atoms with E-state index in [0.717, 1.165) is 6.61 Å². The average Bonchev–Trinajstić information content (AvgIpc) is 3.04. The molecule has 8 heteroatoms. The van der Waals surface area contributed by atoms with Crippen LogP contribution in [-0.4, -0.2) is 53.1 Å². The molecular formula is C18H30N4O4. The Morgan fingerprint density at radius 3 is 2.58 bits per heavy atom. The predicted octanol–water partition coefficient (Wildman–Crippen LogP) is 1.36. The third kappa shape index (κ3) is 10.0. The SMILES string of the molecule is CC(C)COCCOCCn1cc(CNC(=O)/C=C\C(=O)C(C)C)nn1. The molecule has 0 bridgehead atoms. The molecule has 0 aliphatic heterocycles. The highest BCUT2D eigenvalue weighted by Gasteiger charge is 2.05. The fraction of sp³-hybridized carbons (Fsp3) is 0.667. The summed E-state index contributed by atoms with van der Waals surface area (Å²) in [7, 11) is 0. The summed E-state index contributed by atoms with van der Waals surface area (Å²) in [4.78, 5) is 23.1. The standard InChI is InChI=1S/C18H30N4O4/c1-14(2)13-26-10-9-25-8-7-22-12-16(20-21-22)11-19-18(24)6-5-17(23)15(3)4/h5-6,12,14-15H,7-11,13H2,1-4H3,(H,19,24)/b6-5-. The van der Waals surface area contributed by atoms with E-state index in [1.807, 2.05) is 0 Å². The lowest BCUT2D eigenvalue weighted by Crippen LogP contribution is -2.21. The molecule has 0 saturated heterocycles. The molecule has 26 heavy (non-hydrogen) atoms. The maximum absolute atomic E-state index is 11.7. The third-order valence-electron chi connectivity index (χ3n) is 3.29. The van der Waals surface area contributed by atoms with Crippen molar-refractivity contribution in [1.29, 1.82) is 0 Å². The van der Waals surface area contributed by atoms with Crippen molar-refractivity contribution in [3.8, 4) is 0 Å². The van der Waals surface area contributed by atoms with Crippen molar-refractivity contribution >= 4 is 11.7 Å². The molecule has 0 spiro atoms. The van der Waals surface area contributed by atoms with Crippen LogP contribution >= 0.6 is 0 Å². The van der Waals surface area contributed by atoms with Gasteiger partial charge in [0, 0.05) is 18.6 Å². The van der Waals surface area contributed by atoms with Crippen LogP contribution in [0.15, 0.2) is 18.3 Å². The van der Waals surface area contributed by atoms with Gasteiger partial charge in [-0.05, 0) is 12.0 Å². The number of allylic oxidation sites excluding steroid dienone is 1. The van der Waals surface area contributed by atoms with E-state index < -0.39 is 0 Å². The van der Waals surface area contributed by atoms with E-state index in [0.29, 0.717) is 38.0 Å². The monoisotopic (exact) mass is 366 g/mol. The predicted molar refractivity (Wildman–Crippen MR) is 97.3 cm³/mol. The molecule has 1 aromatic heterocycles. The number of rotatable bonds is 13. The number of hydrogen-bond acceptors (Lipinski definition) is 6. The smallest absolute Gasteiger partial charge is 0.244 e. The zero-order chi connectivity index (χ0) is 19.4. The number of amides is 1. The van der Waals surface area contributed by atoms with Gasteiger partial charge in [-0.1, -0.05) is 32.9 Å². The summed E-state index contributed by atoms with van der Waals surface area (Å²) in [6.45, 7) is 11.0. The maximum atomic E-state index is 11.7. The first-order chi connectivity index (χ1) is 12.4. The van der Waals surface area contributed by atoms with Crippen molar-refractivity contribution in [2.24, 2.45) is 11.8 Å². The van der Waals surface area contributed by atoms with Gasteiger partial charge in [-0.15, -0.1) is 5.10 Å². The van der Waals surface area contributed by atoms with Crippen molar-refractivity contribution in [1.82, 2.24) is 20.3 Å². The Kier molecular flexibility index (Phi) is 10.4. The van der Waals surface area contributed by atoms with E-state index in [1.165, 1.54) is 12.2 Å². The van der Waals surface area contributed by atoms with Crippen molar-refractivity contribution in [3.05, 3.63) is 24.0 Å². The quantitative estimate of drug-likeness (QED) is 0.418. The van der Waals surface area contributed by atoms with Crippen LogP contribution in [0.5, 0.6) is 0 Å². The fourth-order valence-electron chi connectivity index (χ4n) is 1.81. The van der Waals surface area contributed by atoms with Crippen molar-refractivity contribution in [2.75, 3.05) is 26.4 Å². The Labute approximate surface area is 154 Å². The van der Waals surface area contributed by atoms with Crippen LogP contribution in [0, 0.1) is 11.8 Å². The summed E-state index contributed by atoms with van der Waals surface area (Å²) >= 11 is 0. The summed E-state index contributed by atoms with van der Waals surface area (Å²) in [5, 5.41) is 10.6. The average molecular weight is 366 g/mol. The summed E-state index contributed by atoms with van der Waals surface area (Å²) in [6, 6.07) is 0. The molecular weight excluding hydrogens is 336 g/mol. The van der Waals surface area contributed by atoms with Crippen LogP contribution in [0.1, 0.15) is 33.4 Å².